The molecular formula is C13H19NO2S. The second-order valence-electron chi connectivity index (χ2n) is 4.67. The first kappa shape index (κ1) is 12.6. The molecule has 1 aromatic rings. The van der Waals surface area contributed by atoms with E-state index in [9.17, 15) is 4.79 Å². The molecular weight excluding hydrogens is 234 g/mol. The van der Waals surface area contributed by atoms with Crippen molar-refractivity contribution in [2.45, 2.75) is 25.7 Å². The van der Waals surface area contributed by atoms with E-state index < -0.39 is 0 Å². The van der Waals surface area contributed by atoms with E-state index in [1.807, 2.05) is 21.7 Å². The van der Waals surface area contributed by atoms with Gasteiger partial charge in [-0.1, -0.05) is 0 Å². The van der Waals surface area contributed by atoms with Crippen LogP contribution in [0.1, 0.15) is 24.8 Å². The number of carbonyl (C=O) groups is 1. The summed E-state index contributed by atoms with van der Waals surface area (Å²) < 4.78 is 0. The number of hydrogen-bond acceptors (Lipinski definition) is 3. The summed E-state index contributed by atoms with van der Waals surface area (Å²) in [6.45, 7) is 1.94. The molecule has 1 aromatic heterocycles. The van der Waals surface area contributed by atoms with Gasteiger partial charge in [0.1, 0.15) is 0 Å². The van der Waals surface area contributed by atoms with Crippen molar-refractivity contribution in [1.29, 1.82) is 0 Å². The fraction of sp³-hybridized carbons (Fsp3) is 0.615. The molecule has 2 rings (SSSR count). The predicted octanol–water partition coefficient (Wildman–Crippen LogP) is 1.91. The minimum absolute atomic E-state index is 0.228. The number of carbonyl (C=O) groups excluding carboxylic acids is 1. The van der Waals surface area contributed by atoms with Gasteiger partial charge in [-0.3, -0.25) is 4.79 Å². The highest BCUT2D eigenvalue weighted by Crippen LogP contribution is 2.20. The van der Waals surface area contributed by atoms with Gasteiger partial charge in [0, 0.05) is 19.7 Å². The van der Waals surface area contributed by atoms with Gasteiger partial charge in [-0.2, -0.15) is 11.3 Å². The molecule has 0 bridgehead atoms. The molecule has 0 aromatic carbocycles. The summed E-state index contributed by atoms with van der Waals surface area (Å²) in [7, 11) is 0. The zero-order chi connectivity index (χ0) is 12.1. The maximum Gasteiger partial charge on any atom is 0.227 e. The molecule has 1 fully saturated rings. The predicted molar refractivity (Wildman–Crippen MR) is 69.0 cm³/mol. The Bertz CT molecular complexity index is 348. The molecule has 1 atom stereocenters. The van der Waals surface area contributed by atoms with Crippen LogP contribution in [0.15, 0.2) is 16.8 Å². The van der Waals surface area contributed by atoms with Crippen molar-refractivity contribution in [3.63, 3.8) is 0 Å². The Kier molecular flexibility index (Phi) is 4.57. The van der Waals surface area contributed by atoms with E-state index in [1.165, 1.54) is 0 Å². The van der Waals surface area contributed by atoms with Crippen LogP contribution in [0.4, 0.5) is 0 Å². The van der Waals surface area contributed by atoms with Crippen molar-refractivity contribution in [2.24, 2.45) is 5.92 Å². The molecule has 0 spiro atoms. The number of piperidine rings is 1. The summed E-state index contributed by atoms with van der Waals surface area (Å²) >= 11 is 1.63. The van der Waals surface area contributed by atoms with E-state index in [4.69, 9.17) is 5.11 Å². The zero-order valence-corrected chi connectivity index (χ0v) is 10.8. The van der Waals surface area contributed by atoms with Crippen LogP contribution in [0.3, 0.4) is 0 Å². The minimum Gasteiger partial charge on any atom is -0.396 e. The van der Waals surface area contributed by atoms with Crippen molar-refractivity contribution < 1.29 is 9.90 Å². The summed E-state index contributed by atoms with van der Waals surface area (Å²) in [4.78, 5) is 14.0. The molecule has 0 aliphatic carbocycles. The van der Waals surface area contributed by atoms with Crippen LogP contribution in [0, 0.1) is 5.92 Å². The van der Waals surface area contributed by atoms with Gasteiger partial charge in [0.05, 0.1) is 6.42 Å². The zero-order valence-electron chi connectivity index (χ0n) is 9.97. The third-order valence-electron chi connectivity index (χ3n) is 3.34. The first-order valence-electron chi connectivity index (χ1n) is 6.19. The second-order valence-corrected chi connectivity index (χ2v) is 5.45. The molecule has 17 heavy (non-hydrogen) atoms. The van der Waals surface area contributed by atoms with E-state index >= 15 is 0 Å². The van der Waals surface area contributed by atoms with Crippen LogP contribution < -0.4 is 0 Å². The van der Waals surface area contributed by atoms with E-state index in [0.29, 0.717) is 12.3 Å². The Morgan fingerprint density at radius 2 is 2.47 bits per heavy atom. The van der Waals surface area contributed by atoms with Crippen molar-refractivity contribution in [2.75, 3.05) is 19.7 Å². The molecule has 3 nitrogen and oxygen atoms in total. The molecule has 1 unspecified atom stereocenters. The molecule has 0 radical (unpaired) electrons. The van der Waals surface area contributed by atoms with Gasteiger partial charge in [0.2, 0.25) is 5.91 Å². The van der Waals surface area contributed by atoms with Crippen LogP contribution in [0.25, 0.3) is 0 Å². The first-order valence-corrected chi connectivity index (χ1v) is 7.13. The van der Waals surface area contributed by atoms with Crippen LogP contribution >= 0.6 is 11.3 Å². The second kappa shape index (κ2) is 6.17. The monoisotopic (exact) mass is 253 g/mol. The number of thiophene rings is 1. The third kappa shape index (κ3) is 3.54. The Labute approximate surface area is 106 Å². The molecule has 94 valence electrons. The molecule has 1 N–H and O–H groups in total. The van der Waals surface area contributed by atoms with E-state index in [0.717, 1.165) is 37.9 Å². The number of rotatable bonds is 4. The van der Waals surface area contributed by atoms with Crippen molar-refractivity contribution in [3.8, 4) is 0 Å². The van der Waals surface area contributed by atoms with Gasteiger partial charge >= 0.3 is 0 Å². The highest BCUT2D eigenvalue weighted by atomic mass is 32.1. The molecule has 1 aliphatic heterocycles. The number of nitrogens with zero attached hydrogens (tertiary/aromatic N) is 1. The largest absolute Gasteiger partial charge is 0.396 e. The minimum atomic E-state index is 0.228. The normalized spacial score (nSPS) is 20.5. The highest BCUT2D eigenvalue weighted by Gasteiger charge is 2.23. The van der Waals surface area contributed by atoms with Crippen LogP contribution in [0.2, 0.25) is 0 Å². The molecule has 1 saturated heterocycles. The lowest BCUT2D eigenvalue weighted by Crippen LogP contribution is -2.40. The average molecular weight is 253 g/mol. The lowest BCUT2D eigenvalue weighted by Gasteiger charge is -2.32. The lowest BCUT2D eigenvalue weighted by molar-refractivity contribution is -0.132. The fourth-order valence-electron chi connectivity index (χ4n) is 2.39. The van der Waals surface area contributed by atoms with Gasteiger partial charge in [-0.05, 0) is 47.6 Å². The van der Waals surface area contributed by atoms with Crippen molar-refractivity contribution >= 4 is 17.2 Å². The smallest absolute Gasteiger partial charge is 0.227 e. The summed E-state index contributed by atoms with van der Waals surface area (Å²) in [5.74, 6) is 0.714. The Hall–Kier alpha value is -0.870. The first-order chi connectivity index (χ1) is 8.29. The molecule has 1 aliphatic rings. The molecule has 2 heterocycles. The Balaban J connectivity index is 1.86. The number of hydrogen-bond donors (Lipinski definition) is 1. The molecule has 0 saturated carbocycles. The standard InChI is InChI=1S/C13H19NO2S/c15-6-3-11-2-1-5-14(9-11)13(16)8-12-4-7-17-10-12/h4,7,10-11,15H,1-3,5-6,8-9H2. The van der Waals surface area contributed by atoms with Gasteiger partial charge in [-0.25, -0.2) is 0 Å². The van der Waals surface area contributed by atoms with Crippen molar-refractivity contribution in [1.82, 2.24) is 4.90 Å². The van der Waals surface area contributed by atoms with Crippen molar-refractivity contribution in [3.05, 3.63) is 22.4 Å². The Morgan fingerprint density at radius 3 is 3.18 bits per heavy atom. The number of likely N-dealkylation sites (tertiary alicyclic amines) is 1. The maximum absolute atomic E-state index is 12.1. The lowest BCUT2D eigenvalue weighted by atomic mass is 9.95. The van der Waals surface area contributed by atoms with E-state index in [1.54, 1.807) is 11.3 Å². The summed E-state index contributed by atoms with van der Waals surface area (Å²) in [5.41, 5.74) is 1.12. The van der Waals surface area contributed by atoms with E-state index in [-0.39, 0.29) is 12.5 Å². The van der Waals surface area contributed by atoms with E-state index in [2.05, 4.69) is 0 Å². The van der Waals surface area contributed by atoms with Crippen LogP contribution in [-0.2, 0) is 11.2 Å². The van der Waals surface area contributed by atoms with Crippen LogP contribution in [-0.4, -0.2) is 35.6 Å². The van der Waals surface area contributed by atoms with Gasteiger partial charge in [-0.15, -0.1) is 0 Å². The maximum atomic E-state index is 12.1. The van der Waals surface area contributed by atoms with Gasteiger partial charge in [0.25, 0.3) is 0 Å². The van der Waals surface area contributed by atoms with Gasteiger partial charge < -0.3 is 10.0 Å². The Morgan fingerprint density at radius 1 is 1.59 bits per heavy atom. The summed E-state index contributed by atoms with van der Waals surface area (Å²) in [6, 6.07) is 2.01. The highest BCUT2D eigenvalue weighted by molar-refractivity contribution is 7.07. The third-order valence-corrected chi connectivity index (χ3v) is 4.08. The molecule has 1 amide bonds. The summed E-state index contributed by atoms with van der Waals surface area (Å²) in [5, 5.41) is 13.0. The summed E-state index contributed by atoms with van der Waals surface area (Å²) in [6.07, 6.45) is 3.56. The fourth-order valence-corrected chi connectivity index (χ4v) is 3.06. The average Bonchev–Trinajstić information content (AvgIpc) is 2.83. The number of aliphatic hydroxyl groups is 1. The molecule has 4 heteroatoms. The number of amides is 1. The quantitative estimate of drug-likeness (QED) is 0.890. The SMILES string of the molecule is O=C(Cc1ccsc1)N1CCCC(CCO)C1. The topological polar surface area (TPSA) is 40.5 Å². The van der Waals surface area contributed by atoms with Gasteiger partial charge in [0.15, 0.2) is 0 Å². The number of aliphatic hydroxyl groups excluding tert-OH is 1. The van der Waals surface area contributed by atoms with Crippen LogP contribution in [0.5, 0.6) is 0 Å².